The number of benzene rings is 2. The molecule has 29 heavy (non-hydrogen) atoms. The van der Waals surface area contributed by atoms with Crippen molar-refractivity contribution in [1.82, 2.24) is 4.98 Å². The number of rotatable bonds is 7. The number of carbonyl (C=O) groups excluding carboxylic acids is 2. The van der Waals surface area contributed by atoms with Crippen LogP contribution in [0.4, 0.5) is 15.2 Å². The number of esters is 1. The molecular weight excluding hydrogens is 395 g/mol. The van der Waals surface area contributed by atoms with E-state index >= 15 is 0 Å². The van der Waals surface area contributed by atoms with Gasteiger partial charge in [-0.1, -0.05) is 24.3 Å². The number of para-hydroxylation sites is 1. The molecule has 0 saturated heterocycles. The van der Waals surface area contributed by atoms with Crippen LogP contribution in [0.15, 0.2) is 53.9 Å². The van der Waals surface area contributed by atoms with E-state index in [9.17, 15) is 14.0 Å². The Balaban J connectivity index is 1.60. The van der Waals surface area contributed by atoms with Gasteiger partial charge >= 0.3 is 5.97 Å². The molecule has 0 atom stereocenters. The molecule has 8 heteroatoms. The lowest BCUT2D eigenvalue weighted by Gasteiger charge is -2.18. The summed E-state index contributed by atoms with van der Waals surface area (Å²) in [6.07, 6.45) is 0. The summed E-state index contributed by atoms with van der Waals surface area (Å²) in [5.74, 6) is -1.39. The Hall–Kier alpha value is -3.26. The van der Waals surface area contributed by atoms with E-state index in [0.29, 0.717) is 16.5 Å². The maximum Gasteiger partial charge on any atom is 0.344 e. The lowest BCUT2D eigenvalue weighted by molar-refractivity contribution is -0.147. The summed E-state index contributed by atoms with van der Waals surface area (Å²) in [5, 5.41) is 2.20. The molecule has 1 amide bonds. The third-order valence-corrected chi connectivity index (χ3v) is 4.74. The topological polar surface area (TPSA) is 68.7 Å². The monoisotopic (exact) mass is 414 g/mol. The van der Waals surface area contributed by atoms with Crippen LogP contribution in [0.5, 0.6) is 5.75 Å². The summed E-state index contributed by atoms with van der Waals surface area (Å²) < 4.78 is 23.7. The summed E-state index contributed by atoms with van der Waals surface area (Å²) in [7, 11) is 0. The highest BCUT2D eigenvalue weighted by Gasteiger charge is 2.18. The van der Waals surface area contributed by atoms with Crippen LogP contribution in [0.1, 0.15) is 18.2 Å². The number of hydrogen-bond acceptors (Lipinski definition) is 6. The predicted octanol–water partition coefficient (Wildman–Crippen LogP) is 4.40. The first-order valence-electron chi connectivity index (χ1n) is 8.79. The van der Waals surface area contributed by atoms with Gasteiger partial charge in [-0.2, -0.15) is 0 Å². The molecule has 0 spiro atoms. The number of anilines is 2. The van der Waals surface area contributed by atoms with Crippen LogP contribution >= 0.6 is 11.3 Å². The van der Waals surface area contributed by atoms with Gasteiger partial charge in [0.1, 0.15) is 6.61 Å². The van der Waals surface area contributed by atoms with Crippen LogP contribution < -0.4 is 9.64 Å². The highest BCUT2D eigenvalue weighted by molar-refractivity contribution is 7.14. The summed E-state index contributed by atoms with van der Waals surface area (Å²) >= 11 is 1.27. The van der Waals surface area contributed by atoms with Gasteiger partial charge in [-0.25, -0.2) is 14.2 Å². The Morgan fingerprint density at radius 3 is 2.69 bits per heavy atom. The zero-order valence-corrected chi connectivity index (χ0v) is 16.7. The molecule has 0 bridgehead atoms. The SMILES string of the molecule is CC(=O)N(c1cccc(C)c1)c1nc(COC(=O)COc2ccccc2F)cs1. The van der Waals surface area contributed by atoms with Gasteiger partial charge in [0, 0.05) is 12.3 Å². The minimum absolute atomic E-state index is 0.0179. The van der Waals surface area contributed by atoms with Gasteiger partial charge in [-0.3, -0.25) is 9.69 Å². The van der Waals surface area contributed by atoms with Gasteiger partial charge in [0.15, 0.2) is 23.3 Å². The van der Waals surface area contributed by atoms with Crippen molar-refractivity contribution in [3.05, 3.63) is 71.0 Å². The summed E-state index contributed by atoms with van der Waals surface area (Å²) in [6, 6.07) is 13.3. The van der Waals surface area contributed by atoms with Gasteiger partial charge in [0.2, 0.25) is 5.91 Å². The number of thiazole rings is 1. The summed E-state index contributed by atoms with van der Waals surface area (Å²) in [5.41, 5.74) is 2.24. The third kappa shape index (κ3) is 5.39. The Bertz CT molecular complexity index is 1020. The van der Waals surface area contributed by atoms with E-state index in [1.54, 1.807) is 11.4 Å². The molecule has 0 unspecified atom stereocenters. The Morgan fingerprint density at radius 1 is 1.17 bits per heavy atom. The normalized spacial score (nSPS) is 10.4. The van der Waals surface area contributed by atoms with E-state index in [1.165, 1.54) is 41.4 Å². The molecule has 0 radical (unpaired) electrons. The van der Waals surface area contributed by atoms with Crippen molar-refractivity contribution >= 4 is 34.0 Å². The second-order valence-electron chi connectivity index (χ2n) is 6.19. The van der Waals surface area contributed by atoms with Crippen LogP contribution in [0.25, 0.3) is 0 Å². The third-order valence-electron chi connectivity index (χ3n) is 3.87. The Kier molecular flexibility index (Phi) is 6.56. The lowest BCUT2D eigenvalue weighted by Crippen LogP contribution is -2.22. The average Bonchev–Trinajstić information content (AvgIpc) is 3.14. The van der Waals surface area contributed by atoms with Gasteiger partial charge in [0.05, 0.1) is 11.4 Å². The number of ether oxygens (including phenoxy) is 2. The molecule has 3 rings (SSSR count). The van der Waals surface area contributed by atoms with Gasteiger partial charge < -0.3 is 9.47 Å². The van der Waals surface area contributed by atoms with E-state index in [0.717, 1.165) is 5.56 Å². The first-order chi connectivity index (χ1) is 13.9. The number of nitrogens with zero attached hydrogens (tertiary/aromatic N) is 2. The van der Waals surface area contributed by atoms with Crippen LogP contribution in [-0.2, 0) is 20.9 Å². The van der Waals surface area contributed by atoms with Crippen LogP contribution in [0.3, 0.4) is 0 Å². The molecule has 0 saturated carbocycles. The molecule has 0 aliphatic rings. The van der Waals surface area contributed by atoms with Crippen LogP contribution in [-0.4, -0.2) is 23.5 Å². The number of carbonyl (C=O) groups is 2. The fourth-order valence-electron chi connectivity index (χ4n) is 2.55. The van der Waals surface area contributed by atoms with E-state index in [1.807, 2.05) is 31.2 Å². The molecule has 3 aromatic rings. The maximum atomic E-state index is 13.5. The molecule has 6 nitrogen and oxygen atoms in total. The lowest BCUT2D eigenvalue weighted by atomic mass is 10.2. The fourth-order valence-corrected chi connectivity index (χ4v) is 3.43. The van der Waals surface area contributed by atoms with E-state index in [4.69, 9.17) is 9.47 Å². The first-order valence-corrected chi connectivity index (χ1v) is 9.66. The number of aromatic nitrogens is 1. The van der Waals surface area contributed by atoms with E-state index in [-0.39, 0.29) is 18.3 Å². The Morgan fingerprint density at radius 2 is 1.97 bits per heavy atom. The number of amides is 1. The van der Waals surface area contributed by atoms with Crippen molar-refractivity contribution < 1.29 is 23.5 Å². The van der Waals surface area contributed by atoms with Gasteiger partial charge in [-0.15, -0.1) is 11.3 Å². The quantitative estimate of drug-likeness (QED) is 0.536. The summed E-state index contributed by atoms with van der Waals surface area (Å²) in [4.78, 5) is 29.9. The first kappa shape index (κ1) is 20.5. The van der Waals surface area contributed by atoms with Crippen molar-refractivity contribution in [2.24, 2.45) is 0 Å². The molecule has 0 aliphatic carbocycles. The average molecular weight is 414 g/mol. The molecule has 0 N–H and O–H groups in total. The van der Waals surface area contributed by atoms with E-state index < -0.39 is 18.4 Å². The predicted molar refractivity (Wildman–Crippen MR) is 108 cm³/mol. The second-order valence-corrected chi connectivity index (χ2v) is 7.03. The van der Waals surface area contributed by atoms with Crippen LogP contribution in [0.2, 0.25) is 0 Å². The number of aryl methyl sites for hydroxylation is 1. The van der Waals surface area contributed by atoms with Crippen molar-refractivity contribution in [3.63, 3.8) is 0 Å². The molecule has 1 aromatic heterocycles. The smallest absolute Gasteiger partial charge is 0.344 e. The molecular formula is C21H19FN2O4S. The molecule has 0 fully saturated rings. The van der Waals surface area contributed by atoms with E-state index in [2.05, 4.69) is 4.98 Å². The van der Waals surface area contributed by atoms with Crippen molar-refractivity contribution in [2.45, 2.75) is 20.5 Å². The van der Waals surface area contributed by atoms with Crippen molar-refractivity contribution in [3.8, 4) is 5.75 Å². The molecule has 0 aliphatic heterocycles. The largest absolute Gasteiger partial charge is 0.479 e. The second kappa shape index (κ2) is 9.29. The fraction of sp³-hybridized carbons (Fsp3) is 0.190. The molecule has 1 heterocycles. The standard InChI is InChI=1S/C21H19FN2O4S/c1-14-6-5-7-17(10-14)24(15(2)25)21-23-16(13-29-21)11-28-20(26)12-27-19-9-4-3-8-18(19)22/h3-10,13H,11-12H2,1-2H3. The van der Waals surface area contributed by atoms with Crippen LogP contribution in [0, 0.1) is 12.7 Å². The maximum absolute atomic E-state index is 13.5. The van der Waals surface area contributed by atoms with Crippen molar-refractivity contribution in [2.75, 3.05) is 11.5 Å². The zero-order valence-electron chi connectivity index (χ0n) is 15.9. The van der Waals surface area contributed by atoms with Gasteiger partial charge in [0.25, 0.3) is 0 Å². The highest BCUT2D eigenvalue weighted by Crippen LogP contribution is 2.29. The minimum Gasteiger partial charge on any atom is -0.479 e. The van der Waals surface area contributed by atoms with Crippen molar-refractivity contribution in [1.29, 1.82) is 0 Å². The molecule has 2 aromatic carbocycles. The Labute approximate surface area is 171 Å². The van der Waals surface area contributed by atoms with Gasteiger partial charge in [-0.05, 0) is 36.8 Å². The number of halogens is 1. The number of hydrogen-bond donors (Lipinski definition) is 0. The zero-order chi connectivity index (χ0) is 20.8. The minimum atomic E-state index is -0.648. The molecule has 150 valence electrons. The highest BCUT2D eigenvalue weighted by atomic mass is 32.1. The summed E-state index contributed by atoms with van der Waals surface area (Å²) in [6.45, 7) is 2.91.